The smallest absolute Gasteiger partial charge is 0.257 e. The Labute approximate surface area is 195 Å². The first kappa shape index (κ1) is 22.8. The number of nitrogens with zero attached hydrogens (tertiary/aromatic N) is 3. The molecule has 2 aromatic carbocycles. The average Bonchev–Trinajstić information content (AvgIpc) is 2.88. The SMILES string of the molecule is C/C(=C\c1ccccc1)CNCCc1nc(-c2ccccc2)ncc1C(=O)N1CCOCC1. The van der Waals surface area contributed by atoms with Gasteiger partial charge in [0.1, 0.15) is 0 Å². The largest absolute Gasteiger partial charge is 0.378 e. The lowest BCUT2D eigenvalue weighted by Gasteiger charge is -2.27. The van der Waals surface area contributed by atoms with Crippen LogP contribution in [0.4, 0.5) is 0 Å². The van der Waals surface area contributed by atoms with Gasteiger partial charge in [-0.2, -0.15) is 0 Å². The van der Waals surface area contributed by atoms with Crippen molar-refractivity contribution >= 4 is 12.0 Å². The van der Waals surface area contributed by atoms with E-state index >= 15 is 0 Å². The molecular weight excluding hydrogens is 412 g/mol. The second-order valence-corrected chi connectivity index (χ2v) is 8.15. The molecule has 0 saturated carbocycles. The zero-order valence-electron chi connectivity index (χ0n) is 19.0. The van der Waals surface area contributed by atoms with Crippen LogP contribution in [0.2, 0.25) is 0 Å². The van der Waals surface area contributed by atoms with Gasteiger partial charge in [-0.1, -0.05) is 72.3 Å². The van der Waals surface area contributed by atoms with Crippen molar-refractivity contribution in [3.8, 4) is 11.4 Å². The Morgan fingerprint density at radius 1 is 1.06 bits per heavy atom. The summed E-state index contributed by atoms with van der Waals surface area (Å²) in [4.78, 5) is 24.3. The van der Waals surface area contributed by atoms with Crippen molar-refractivity contribution in [3.05, 3.63) is 89.3 Å². The highest BCUT2D eigenvalue weighted by atomic mass is 16.5. The molecule has 1 fully saturated rings. The third-order valence-corrected chi connectivity index (χ3v) is 5.58. The number of carbonyl (C=O) groups excluding carboxylic acids is 1. The van der Waals surface area contributed by atoms with Crippen LogP contribution in [0.15, 0.2) is 72.4 Å². The van der Waals surface area contributed by atoms with Crippen molar-refractivity contribution in [2.75, 3.05) is 39.4 Å². The number of carbonyl (C=O) groups is 1. The van der Waals surface area contributed by atoms with Gasteiger partial charge in [0.15, 0.2) is 5.82 Å². The van der Waals surface area contributed by atoms with Crippen molar-refractivity contribution in [1.29, 1.82) is 0 Å². The van der Waals surface area contributed by atoms with Gasteiger partial charge in [0.05, 0.1) is 24.5 Å². The summed E-state index contributed by atoms with van der Waals surface area (Å²) < 4.78 is 5.40. The molecule has 1 aliphatic heterocycles. The number of amides is 1. The Morgan fingerprint density at radius 3 is 2.48 bits per heavy atom. The summed E-state index contributed by atoms with van der Waals surface area (Å²) in [6.07, 6.45) is 4.51. The Balaban J connectivity index is 1.46. The van der Waals surface area contributed by atoms with Crippen molar-refractivity contribution in [1.82, 2.24) is 20.2 Å². The highest BCUT2D eigenvalue weighted by Crippen LogP contribution is 2.18. The first-order valence-corrected chi connectivity index (χ1v) is 11.4. The molecule has 0 atom stereocenters. The van der Waals surface area contributed by atoms with Gasteiger partial charge >= 0.3 is 0 Å². The van der Waals surface area contributed by atoms with Gasteiger partial charge in [-0.3, -0.25) is 4.79 Å². The van der Waals surface area contributed by atoms with Crippen LogP contribution in [0.25, 0.3) is 17.5 Å². The van der Waals surface area contributed by atoms with E-state index < -0.39 is 0 Å². The van der Waals surface area contributed by atoms with E-state index in [0.29, 0.717) is 50.7 Å². The van der Waals surface area contributed by atoms with Crippen molar-refractivity contribution in [2.24, 2.45) is 0 Å². The van der Waals surface area contributed by atoms with E-state index in [-0.39, 0.29) is 5.91 Å². The Bertz CT molecular complexity index is 1080. The fraction of sp³-hybridized carbons (Fsp3) is 0.296. The summed E-state index contributed by atoms with van der Waals surface area (Å²) in [5.41, 5.74) is 4.74. The van der Waals surface area contributed by atoms with Crippen LogP contribution >= 0.6 is 0 Å². The first-order chi connectivity index (χ1) is 16.2. The van der Waals surface area contributed by atoms with E-state index in [1.165, 1.54) is 11.1 Å². The van der Waals surface area contributed by atoms with Crippen LogP contribution in [-0.4, -0.2) is 60.2 Å². The van der Waals surface area contributed by atoms with E-state index in [9.17, 15) is 4.79 Å². The van der Waals surface area contributed by atoms with Crippen LogP contribution in [0.3, 0.4) is 0 Å². The maximum absolute atomic E-state index is 13.2. The average molecular weight is 443 g/mol. The van der Waals surface area contributed by atoms with Gasteiger partial charge < -0.3 is 15.0 Å². The lowest BCUT2D eigenvalue weighted by molar-refractivity contribution is 0.0301. The normalized spacial score (nSPS) is 14.3. The van der Waals surface area contributed by atoms with Gasteiger partial charge in [0.25, 0.3) is 5.91 Å². The molecule has 1 N–H and O–H groups in total. The molecule has 3 aromatic rings. The lowest BCUT2D eigenvalue weighted by atomic mass is 10.1. The number of hydrogen-bond acceptors (Lipinski definition) is 5. The standard InChI is InChI=1S/C27H30N4O2/c1-21(18-22-8-4-2-5-9-22)19-28-13-12-25-24(27(32)31-14-16-33-17-15-31)20-29-26(30-25)23-10-6-3-7-11-23/h2-11,18,20,28H,12-17,19H2,1H3/b21-18+. The Kier molecular flexibility index (Phi) is 7.95. The quantitative estimate of drug-likeness (QED) is 0.537. The van der Waals surface area contributed by atoms with Crippen LogP contribution in [0.1, 0.15) is 28.5 Å². The topological polar surface area (TPSA) is 67.4 Å². The summed E-state index contributed by atoms with van der Waals surface area (Å²) in [5.74, 6) is 0.623. The Morgan fingerprint density at radius 2 is 1.76 bits per heavy atom. The molecule has 4 rings (SSSR count). The molecular formula is C27H30N4O2. The number of aromatic nitrogens is 2. The fourth-order valence-electron chi connectivity index (χ4n) is 3.83. The zero-order valence-corrected chi connectivity index (χ0v) is 19.0. The maximum atomic E-state index is 13.2. The van der Waals surface area contributed by atoms with Gasteiger partial charge in [0, 0.05) is 44.4 Å². The monoisotopic (exact) mass is 442 g/mol. The summed E-state index contributed by atoms with van der Waals surface area (Å²) >= 11 is 0. The van der Waals surface area contributed by atoms with E-state index in [0.717, 1.165) is 17.8 Å². The number of nitrogens with one attached hydrogen (secondary N) is 1. The molecule has 0 radical (unpaired) electrons. The lowest BCUT2D eigenvalue weighted by Crippen LogP contribution is -2.41. The summed E-state index contributed by atoms with van der Waals surface area (Å²) in [7, 11) is 0. The predicted octanol–water partition coefficient (Wildman–Crippen LogP) is 3.85. The molecule has 1 saturated heterocycles. The molecule has 0 unspecified atom stereocenters. The summed E-state index contributed by atoms with van der Waals surface area (Å²) in [5, 5.41) is 3.49. The van der Waals surface area contributed by atoms with Gasteiger partial charge in [-0.05, 0) is 12.5 Å². The number of hydrogen-bond donors (Lipinski definition) is 1. The molecule has 6 nitrogen and oxygen atoms in total. The number of rotatable bonds is 8. The van der Waals surface area contributed by atoms with E-state index in [1.54, 1.807) is 6.20 Å². The molecule has 1 aromatic heterocycles. The van der Waals surface area contributed by atoms with Crippen LogP contribution < -0.4 is 5.32 Å². The van der Waals surface area contributed by atoms with Crippen LogP contribution in [-0.2, 0) is 11.2 Å². The van der Waals surface area contributed by atoms with Crippen molar-refractivity contribution < 1.29 is 9.53 Å². The number of benzene rings is 2. The second kappa shape index (κ2) is 11.5. The minimum absolute atomic E-state index is 0.0203. The summed E-state index contributed by atoms with van der Waals surface area (Å²) in [6, 6.07) is 20.2. The molecule has 6 heteroatoms. The molecule has 2 heterocycles. The van der Waals surface area contributed by atoms with Crippen LogP contribution in [0, 0.1) is 0 Å². The van der Waals surface area contributed by atoms with E-state index in [1.807, 2.05) is 53.4 Å². The molecule has 1 aliphatic rings. The Hall–Kier alpha value is -3.35. The number of ether oxygens (including phenoxy) is 1. The second-order valence-electron chi connectivity index (χ2n) is 8.15. The van der Waals surface area contributed by atoms with Gasteiger partial charge in [-0.15, -0.1) is 0 Å². The molecule has 0 spiro atoms. The molecule has 0 bridgehead atoms. The predicted molar refractivity (Wildman–Crippen MR) is 131 cm³/mol. The van der Waals surface area contributed by atoms with Gasteiger partial charge in [0.2, 0.25) is 0 Å². The fourth-order valence-corrected chi connectivity index (χ4v) is 3.83. The highest BCUT2D eigenvalue weighted by molar-refractivity contribution is 5.95. The highest BCUT2D eigenvalue weighted by Gasteiger charge is 2.22. The molecule has 33 heavy (non-hydrogen) atoms. The van der Waals surface area contributed by atoms with Crippen molar-refractivity contribution in [3.63, 3.8) is 0 Å². The minimum Gasteiger partial charge on any atom is -0.378 e. The summed E-state index contributed by atoms with van der Waals surface area (Å²) in [6.45, 7) is 5.94. The number of morpholine rings is 1. The molecule has 170 valence electrons. The molecule has 0 aliphatic carbocycles. The van der Waals surface area contributed by atoms with Crippen molar-refractivity contribution in [2.45, 2.75) is 13.3 Å². The van der Waals surface area contributed by atoms with E-state index in [2.05, 4.69) is 35.4 Å². The van der Waals surface area contributed by atoms with Gasteiger partial charge in [-0.25, -0.2) is 9.97 Å². The zero-order chi connectivity index (χ0) is 22.9. The van der Waals surface area contributed by atoms with Crippen LogP contribution in [0.5, 0.6) is 0 Å². The maximum Gasteiger partial charge on any atom is 0.257 e. The third-order valence-electron chi connectivity index (χ3n) is 5.58. The first-order valence-electron chi connectivity index (χ1n) is 11.4. The third kappa shape index (κ3) is 6.34. The molecule has 1 amide bonds. The van der Waals surface area contributed by atoms with E-state index in [4.69, 9.17) is 9.72 Å². The minimum atomic E-state index is -0.0203.